The van der Waals surface area contributed by atoms with Crippen LogP contribution in [0.4, 0.5) is 0 Å². The first kappa shape index (κ1) is 12.1. The summed E-state index contributed by atoms with van der Waals surface area (Å²) in [5.74, 6) is 2.63. The number of halogens is 1. The van der Waals surface area contributed by atoms with E-state index in [1.54, 1.807) is 0 Å². The van der Waals surface area contributed by atoms with Gasteiger partial charge in [-0.15, -0.1) is 11.6 Å². The molecule has 2 fully saturated rings. The zero-order chi connectivity index (χ0) is 10.9. The van der Waals surface area contributed by atoms with Crippen molar-refractivity contribution in [2.75, 3.05) is 11.5 Å². The van der Waals surface area contributed by atoms with E-state index < -0.39 is 0 Å². The standard InChI is InChI=1S/C12H22ClNS/c1-12(2)6-9(13)5-11(7-12)14-10-3-4-15-8-10/h9-11,14H,3-8H2,1-2H3. The van der Waals surface area contributed by atoms with Crippen LogP contribution in [0.3, 0.4) is 0 Å². The Balaban J connectivity index is 1.85. The third kappa shape index (κ3) is 3.54. The smallest absolute Gasteiger partial charge is 0.0356 e. The van der Waals surface area contributed by atoms with Crippen molar-refractivity contribution >= 4 is 23.4 Å². The number of hydrogen-bond donors (Lipinski definition) is 1. The van der Waals surface area contributed by atoms with Crippen LogP contribution in [0.25, 0.3) is 0 Å². The van der Waals surface area contributed by atoms with Gasteiger partial charge < -0.3 is 5.32 Å². The molecule has 2 rings (SSSR count). The van der Waals surface area contributed by atoms with Crippen molar-refractivity contribution in [2.24, 2.45) is 5.41 Å². The molecule has 1 aliphatic heterocycles. The lowest BCUT2D eigenvalue weighted by molar-refractivity contribution is 0.195. The lowest BCUT2D eigenvalue weighted by Gasteiger charge is -2.39. The van der Waals surface area contributed by atoms with Gasteiger partial charge in [0.2, 0.25) is 0 Å². The van der Waals surface area contributed by atoms with Crippen LogP contribution in [0.2, 0.25) is 0 Å². The van der Waals surface area contributed by atoms with Crippen LogP contribution in [0.15, 0.2) is 0 Å². The van der Waals surface area contributed by atoms with Crippen LogP contribution < -0.4 is 5.32 Å². The number of nitrogens with one attached hydrogen (secondary N) is 1. The van der Waals surface area contributed by atoms with Gasteiger partial charge in [0.05, 0.1) is 0 Å². The molecule has 1 aliphatic carbocycles. The van der Waals surface area contributed by atoms with Gasteiger partial charge in [0, 0.05) is 23.2 Å². The summed E-state index contributed by atoms with van der Waals surface area (Å²) >= 11 is 8.41. The Hall–Kier alpha value is 0.600. The van der Waals surface area contributed by atoms with Gasteiger partial charge in [0.25, 0.3) is 0 Å². The van der Waals surface area contributed by atoms with E-state index in [2.05, 4.69) is 30.9 Å². The van der Waals surface area contributed by atoms with Gasteiger partial charge in [-0.1, -0.05) is 13.8 Å². The molecule has 0 bridgehead atoms. The molecule has 15 heavy (non-hydrogen) atoms. The van der Waals surface area contributed by atoms with Crippen LogP contribution in [-0.4, -0.2) is 29.0 Å². The zero-order valence-corrected chi connectivity index (χ0v) is 11.3. The molecule has 3 atom stereocenters. The Kier molecular flexibility index (Phi) is 3.90. The molecule has 0 spiro atoms. The highest BCUT2D eigenvalue weighted by Crippen LogP contribution is 2.38. The van der Waals surface area contributed by atoms with Crippen LogP contribution in [0, 0.1) is 5.41 Å². The molecule has 1 saturated carbocycles. The fourth-order valence-electron chi connectivity index (χ4n) is 2.95. The molecule has 3 unspecified atom stereocenters. The van der Waals surface area contributed by atoms with E-state index in [0.29, 0.717) is 16.8 Å². The molecule has 88 valence electrons. The summed E-state index contributed by atoms with van der Waals surface area (Å²) < 4.78 is 0. The van der Waals surface area contributed by atoms with E-state index in [-0.39, 0.29) is 0 Å². The first-order valence-corrected chi connectivity index (χ1v) is 7.62. The maximum absolute atomic E-state index is 6.34. The number of hydrogen-bond acceptors (Lipinski definition) is 2. The third-order valence-electron chi connectivity index (χ3n) is 3.51. The average molecular weight is 248 g/mol. The van der Waals surface area contributed by atoms with Crippen molar-refractivity contribution in [3.63, 3.8) is 0 Å². The van der Waals surface area contributed by atoms with Crippen LogP contribution >= 0.6 is 23.4 Å². The molecule has 3 heteroatoms. The molecule has 0 amide bonds. The summed E-state index contributed by atoms with van der Waals surface area (Å²) in [5, 5.41) is 4.17. The second-order valence-electron chi connectivity index (χ2n) is 5.83. The van der Waals surface area contributed by atoms with Gasteiger partial charge in [0.1, 0.15) is 0 Å². The maximum atomic E-state index is 6.34. The number of alkyl halides is 1. The van der Waals surface area contributed by atoms with E-state index in [1.165, 1.54) is 30.8 Å². The van der Waals surface area contributed by atoms with Crippen molar-refractivity contribution in [1.82, 2.24) is 5.32 Å². The third-order valence-corrected chi connectivity index (χ3v) is 5.01. The molecule has 1 N–H and O–H groups in total. The number of rotatable bonds is 2. The quantitative estimate of drug-likeness (QED) is 0.752. The fourth-order valence-corrected chi connectivity index (χ4v) is 4.75. The normalized spacial score (nSPS) is 40.6. The van der Waals surface area contributed by atoms with E-state index in [0.717, 1.165) is 12.5 Å². The molecule has 0 aromatic heterocycles. The van der Waals surface area contributed by atoms with Crippen molar-refractivity contribution in [2.45, 2.75) is 57.0 Å². The van der Waals surface area contributed by atoms with Crippen molar-refractivity contribution in [3.8, 4) is 0 Å². The first-order valence-electron chi connectivity index (χ1n) is 6.03. The fraction of sp³-hybridized carbons (Fsp3) is 1.00. The minimum Gasteiger partial charge on any atom is -0.310 e. The molecule has 1 heterocycles. The molecule has 0 aromatic rings. The van der Waals surface area contributed by atoms with Crippen LogP contribution in [0.5, 0.6) is 0 Å². The van der Waals surface area contributed by atoms with Gasteiger partial charge in [-0.25, -0.2) is 0 Å². The minimum atomic E-state index is 0.375. The summed E-state index contributed by atoms with van der Waals surface area (Å²) in [5.41, 5.74) is 0.425. The van der Waals surface area contributed by atoms with Crippen LogP contribution in [0.1, 0.15) is 39.5 Å². The molecule has 1 saturated heterocycles. The predicted octanol–water partition coefficient (Wildman–Crippen LogP) is 3.27. The van der Waals surface area contributed by atoms with Gasteiger partial charge >= 0.3 is 0 Å². The van der Waals surface area contributed by atoms with E-state index >= 15 is 0 Å². The van der Waals surface area contributed by atoms with E-state index in [4.69, 9.17) is 11.6 Å². The highest BCUT2D eigenvalue weighted by atomic mass is 35.5. The summed E-state index contributed by atoms with van der Waals surface area (Å²) in [7, 11) is 0. The largest absolute Gasteiger partial charge is 0.310 e. The lowest BCUT2D eigenvalue weighted by atomic mass is 9.74. The summed E-state index contributed by atoms with van der Waals surface area (Å²) in [6.07, 6.45) is 4.96. The molecular formula is C12H22ClNS. The Morgan fingerprint density at radius 2 is 2.07 bits per heavy atom. The van der Waals surface area contributed by atoms with Gasteiger partial charge in [-0.05, 0) is 36.9 Å². The average Bonchev–Trinajstić information content (AvgIpc) is 2.52. The van der Waals surface area contributed by atoms with Crippen molar-refractivity contribution in [1.29, 1.82) is 0 Å². The van der Waals surface area contributed by atoms with Crippen LogP contribution in [-0.2, 0) is 0 Å². The molecule has 0 aromatic carbocycles. The second kappa shape index (κ2) is 4.85. The minimum absolute atomic E-state index is 0.375. The molecule has 2 aliphatic rings. The Morgan fingerprint density at radius 3 is 2.67 bits per heavy atom. The predicted molar refractivity (Wildman–Crippen MR) is 69.9 cm³/mol. The summed E-state index contributed by atoms with van der Waals surface area (Å²) in [6.45, 7) is 4.69. The van der Waals surface area contributed by atoms with Crippen molar-refractivity contribution < 1.29 is 0 Å². The Labute approximate surface area is 103 Å². The Morgan fingerprint density at radius 1 is 1.27 bits per heavy atom. The maximum Gasteiger partial charge on any atom is 0.0356 e. The lowest BCUT2D eigenvalue weighted by Crippen LogP contribution is -2.45. The first-order chi connectivity index (χ1) is 7.05. The number of thioether (sulfide) groups is 1. The summed E-state index contributed by atoms with van der Waals surface area (Å²) in [6, 6.07) is 1.40. The SMILES string of the molecule is CC1(C)CC(Cl)CC(NC2CCSC2)C1. The van der Waals surface area contributed by atoms with E-state index in [9.17, 15) is 0 Å². The topological polar surface area (TPSA) is 12.0 Å². The monoisotopic (exact) mass is 247 g/mol. The van der Waals surface area contributed by atoms with E-state index in [1.807, 2.05) is 0 Å². The van der Waals surface area contributed by atoms with Gasteiger partial charge in [-0.3, -0.25) is 0 Å². The highest BCUT2D eigenvalue weighted by Gasteiger charge is 2.34. The highest BCUT2D eigenvalue weighted by molar-refractivity contribution is 7.99. The summed E-state index contributed by atoms with van der Waals surface area (Å²) in [4.78, 5) is 0. The molecule has 1 nitrogen and oxygen atoms in total. The second-order valence-corrected chi connectivity index (χ2v) is 7.60. The zero-order valence-electron chi connectivity index (χ0n) is 9.76. The van der Waals surface area contributed by atoms with Gasteiger partial charge in [0.15, 0.2) is 0 Å². The molecule has 0 radical (unpaired) electrons. The Bertz CT molecular complexity index is 214. The molecular weight excluding hydrogens is 226 g/mol. The van der Waals surface area contributed by atoms with Crippen molar-refractivity contribution in [3.05, 3.63) is 0 Å². The van der Waals surface area contributed by atoms with Gasteiger partial charge in [-0.2, -0.15) is 11.8 Å².